The van der Waals surface area contributed by atoms with Crippen molar-refractivity contribution in [3.8, 4) is 0 Å². The van der Waals surface area contributed by atoms with Gasteiger partial charge in [0, 0.05) is 23.1 Å². The normalized spacial score (nSPS) is 11.2. The Labute approximate surface area is 136 Å². The molecule has 0 fully saturated rings. The summed E-state index contributed by atoms with van der Waals surface area (Å²) >= 11 is 0. The number of hydrogen-bond acceptors (Lipinski definition) is 0. The number of benzene rings is 2. The molecule has 0 aliphatic carbocycles. The van der Waals surface area contributed by atoms with Gasteiger partial charge in [0.1, 0.15) is 0 Å². The summed E-state index contributed by atoms with van der Waals surface area (Å²) in [5.41, 5.74) is 1.28. The van der Waals surface area contributed by atoms with Crippen LogP contribution in [0.25, 0.3) is 10.9 Å². The van der Waals surface area contributed by atoms with E-state index in [0.29, 0.717) is 6.54 Å². The molecule has 2 aromatic carbocycles. The smallest absolute Gasteiger partial charge is 0.416 e. The highest BCUT2D eigenvalue weighted by Crippen LogP contribution is 2.29. The predicted molar refractivity (Wildman–Crippen MR) is 74.7 cm³/mol. The van der Waals surface area contributed by atoms with E-state index in [-0.39, 0.29) is 17.0 Å². The van der Waals surface area contributed by atoms with Crippen LogP contribution in [0.3, 0.4) is 0 Å². The second kappa shape index (κ2) is 6.48. The summed E-state index contributed by atoms with van der Waals surface area (Å²) in [4.78, 5) is 0. The number of nitrogens with zero attached hydrogens (tertiary/aromatic N) is 1. The Kier molecular flexibility index (Phi) is 4.86. The Balaban J connectivity index is 0.00000176. The molecule has 0 unspecified atom stereocenters. The third-order valence-corrected chi connectivity index (χ3v) is 3.42. The maximum atomic E-state index is 12.5. The molecule has 5 heteroatoms. The SMILES string of the molecule is FC(F)(F)c1ccc(C[n+]2cccc3ccccc32)cc1.[Br-]. The van der Waals surface area contributed by atoms with Crippen LogP contribution in [-0.4, -0.2) is 0 Å². The van der Waals surface area contributed by atoms with Crippen LogP contribution in [0.5, 0.6) is 0 Å². The summed E-state index contributed by atoms with van der Waals surface area (Å²) in [5.74, 6) is 0. The maximum Gasteiger partial charge on any atom is 0.416 e. The van der Waals surface area contributed by atoms with Gasteiger partial charge in [0.25, 0.3) is 0 Å². The third kappa shape index (κ3) is 3.47. The summed E-state index contributed by atoms with van der Waals surface area (Å²) in [7, 11) is 0. The molecule has 0 saturated heterocycles. The largest absolute Gasteiger partial charge is 1.00 e. The lowest BCUT2D eigenvalue weighted by Crippen LogP contribution is -3.00. The number of aromatic nitrogens is 1. The van der Waals surface area contributed by atoms with Gasteiger partial charge in [-0.05, 0) is 24.3 Å². The molecule has 0 radical (unpaired) electrons. The van der Waals surface area contributed by atoms with Crippen molar-refractivity contribution in [2.24, 2.45) is 0 Å². The second-order valence-corrected chi connectivity index (χ2v) is 4.89. The monoisotopic (exact) mass is 367 g/mol. The number of rotatable bonds is 2. The number of fused-ring (bicyclic) bond motifs is 1. The van der Waals surface area contributed by atoms with Gasteiger partial charge >= 0.3 is 6.18 Å². The van der Waals surface area contributed by atoms with E-state index in [0.717, 1.165) is 28.6 Å². The van der Waals surface area contributed by atoms with E-state index in [4.69, 9.17) is 0 Å². The summed E-state index contributed by atoms with van der Waals surface area (Å²) in [6.45, 7) is 0.541. The van der Waals surface area contributed by atoms with Gasteiger partial charge in [-0.3, -0.25) is 0 Å². The number of halogens is 4. The lowest BCUT2D eigenvalue weighted by Gasteiger charge is -2.07. The lowest BCUT2D eigenvalue weighted by molar-refractivity contribution is -0.662. The standard InChI is InChI=1S/C17H13F3N.BrH/c18-17(19,20)15-9-7-13(8-10-15)12-21-11-3-5-14-4-1-2-6-16(14)21;/h1-11H,12H2;1H/q+1;/p-1. The number of pyridine rings is 1. The number of hydrogen-bond donors (Lipinski definition) is 0. The van der Waals surface area contributed by atoms with Crippen molar-refractivity contribution in [1.82, 2.24) is 0 Å². The van der Waals surface area contributed by atoms with Crippen LogP contribution in [0.2, 0.25) is 0 Å². The van der Waals surface area contributed by atoms with E-state index in [2.05, 4.69) is 0 Å². The molecule has 22 heavy (non-hydrogen) atoms. The van der Waals surface area contributed by atoms with Crippen molar-refractivity contribution in [3.05, 3.63) is 78.0 Å². The highest BCUT2D eigenvalue weighted by Gasteiger charge is 2.30. The molecule has 114 valence electrons. The molecule has 1 nitrogen and oxygen atoms in total. The van der Waals surface area contributed by atoms with E-state index in [9.17, 15) is 13.2 Å². The van der Waals surface area contributed by atoms with Crippen LogP contribution in [0.15, 0.2) is 66.9 Å². The molecule has 1 aromatic heterocycles. The van der Waals surface area contributed by atoms with Crippen molar-refractivity contribution in [3.63, 3.8) is 0 Å². The fourth-order valence-corrected chi connectivity index (χ4v) is 2.35. The molecule has 0 aliphatic rings. The molecule has 1 heterocycles. The van der Waals surface area contributed by atoms with Crippen LogP contribution in [0.4, 0.5) is 13.2 Å². The molecule has 0 atom stereocenters. The Morgan fingerprint density at radius 3 is 2.14 bits per heavy atom. The van der Waals surface area contributed by atoms with Crippen molar-refractivity contribution in [1.29, 1.82) is 0 Å². The Morgan fingerprint density at radius 1 is 0.818 bits per heavy atom. The average Bonchev–Trinajstić information content (AvgIpc) is 2.47. The zero-order valence-electron chi connectivity index (χ0n) is 11.5. The van der Waals surface area contributed by atoms with E-state index in [1.54, 1.807) is 0 Å². The molecule has 3 aromatic rings. The van der Waals surface area contributed by atoms with Crippen molar-refractivity contribution >= 4 is 10.9 Å². The first-order chi connectivity index (χ1) is 10.0. The molecule has 0 spiro atoms. The summed E-state index contributed by atoms with van der Waals surface area (Å²) in [6.07, 6.45) is -2.36. The van der Waals surface area contributed by atoms with Gasteiger partial charge in [-0.2, -0.15) is 17.7 Å². The van der Waals surface area contributed by atoms with Crippen LogP contribution in [-0.2, 0) is 12.7 Å². The molecule has 0 saturated carbocycles. The lowest BCUT2D eigenvalue weighted by atomic mass is 10.1. The molecule has 0 aliphatic heterocycles. The molecule has 0 bridgehead atoms. The highest BCUT2D eigenvalue weighted by atomic mass is 79.9. The topological polar surface area (TPSA) is 3.88 Å². The minimum atomic E-state index is -4.29. The quantitative estimate of drug-likeness (QED) is 0.599. The Bertz CT molecular complexity index is 761. The number of alkyl halides is 3. The van der Waals surface area contributed by atoms with Gasteiger partial charge in [-0.25, -0.2) is 0 Å². The van der Waals surface area contributed by atoms with Crippen molar-refractivity contribution < 1.29 is 34.7 Å². The minimum Gasteiger partial charge on any atom is -1.00 e. The zero-order valence-corrected chi connectivity index (χ0v) is 13.1. The van der Waals surface area contributed by atoms with Crippen LogP contribution in [0.1, 0.15) is 11.1 Å². The van der Waals surface area contributed by atoms with E-state index in [1.807, 2.05) is 47.2 Å². The van der Waals surface area contributed by atoms with Gasteiger partial charge in [0.15, 0.2) is 12.7 Å². The minimum absolute atomic E-state index is 0. The second-order valence-electron chi connectivity index (χ2n) is 4.89. The number of para-hydroxylation sites is 1. The van der Waals surface area contributed by atoms with Gasteiger partial charge in [0.05, 0.1) is 5.56 Å². The van der Waals surface area contributed by atoms with Gasteiger partial charge in [-0.1, -0.05) is 24.3 Å². The zero-order chi connectivity index (χ0) is 14.9. The first-order valence-corrected chi connectivity index (χ1v) is 6.57. The summed E-state index contributed by atoms with van der Waals surface area (Å²) in [5, 5.41) is 1.10. The molecule has 3 rings (SSSR count). The van der Waals surface area contributed by atoms with E-state index < -0.39 is 11.7 Å². The summed E-state index contributed by atoms with van der Waals surface area (Å²) in [6, 6.07) is 17.2. The molecular formula is C17H13BrF3N. The van der Waals surface area contributed by atoms with E-state index >= 15 is 0 Å². The molecule has 0 N–H and O–H groups in total. The van der Waals surface area contributed by atoms with Crippen LogP contribution < -0.4 is 21.5 Å². The fraction of sp³-hybridized carbons (Fsp3) is 0.118. The highest BCUT2D eigenvalue weighted by molar-refractivity contribution is 5.74. The average molecular weight is 368 g/mol. The summed E-state index contributed by atoms with van der Waals surface area (Å²) < 4.78 is 39.7. The molecular weight excluding hydrogens is 355 g/mol. The molecule has 0 amide bonds. The van der Waals surface area contributed by atoms with Crippen molar-refractivity contribution in [2.45, 2.75) is 12.7 Å². The van der Waals surface area contributed by atoms with Gasteiger partial charge in [0.2, 0.25) is 5.52 Å². The Hall–Kier alpha value is -1.88. The maximum absolute atomic E-state index is 12.5. The predicted octanol–water partition coefficient (Wildman–Crippen LogP) is 1.20. The van der Waals surface area contributed by atoms with Gasteiger partial charge < -0.3 is 17.0 Å². The van der Waals surface area contributed by atoms with Crippen LogP contribution in [0, 0.1) is 0 Å². The fourth-order valence-electron chi connectivity index (χ4n) is 2.35. The van der Waals surface area contributed by atoms with Crippen LogP contribution >= 0.6 is 0 Å². The first kappa shape index (κ1) is 16.5. The van der Waals surface area contributed by atoms with Gasteiger partial charge in [-0.15, -0.1) is 0 Å². The third-order valence-electron chi connectivity index (χ3n) is 3.42. The van der Waals surface area contributed by atoms with E-state index in [1.165, 1.54) is 12.1 Å². The Morgan fingerprint density at radius 2 is 1.45 bits per heavy atom. The first-order valence-electron chi connectivity index (χ1n) is 6.57. The van der Waals surface area contributed by atoms with Crippen molar-refractivity contribution in [2.75, 3.05) is 0 Å².